The number of halogens is 5. The van der Waals surface area contributed by atoms with E-state index in [9.17, 15) is 17.6 Å². The summed E-state index contributed by atoms with van der Waals surface area (Å²) in [5.41, 5.74) is 3.80. The molecular formula is C16H15ClF4N4O. The van der Waals surface area contributed by atoms with Gasteiger partial charge >= 0.3 is 6.18 Å². The molecule has 2 aromatic heterocycles. The maximum Gasteiger partial charge on any atom is 0.435 e. The van der Waals surface area contributed by atoms with E-state index in [4.69, 9.17) is 22.1 Å². The van der Waals surface area contributed by atoms with Gasteiger partial charge < -0.3 is 10.5 Å². The standard InChI is InChI=1S/C16H15ClF4N4O/c17-10-7-23-12(18)6-9(10)13-14(16(19,20)21)24-11(15(22)25-13)5-8-1-3-26-4-2-8/h6-8H,1-5H2,(H2,22,25). The van der Waals surface area contributed by atoms with Gasteiger partial charge in [0.25, 0.3) is 0 Å². The van der Waals surface area contributed by atoms with Gasteiger partial charge in [0.05, 0.1) is 10.7 Å². The van der Waals surface area contributed by atoms with Gasteiger partial charge in [-0.3, -0.25) is 0 Å². The fraction of sp³-hybridized carbons (Fsp3) is 0.438. The maximum atomic E-state index is 13.5. The van der Waals surface area contributed by atoms with Crippen LogP contribution in [-0.4, -0.2) is 28.2 Å². The minimum atomic E-state index is -4.80. The summed E-state index contributed by atoms with van der Waals surface area (Å²) in [6.07, 6.45) is -2.19. The third kappa shape index (κ3) is 4.04. The van der Waals surface area contributed by atoms with Crippen molar-refractivity contribution in [2.45, 2.75) is 25.4 Å². The van der Waals surface area contributed by atoms with Crippen LogP contribution in [0.2, 0.25) is 5.02 Å². The van der Waals surface area contributed by atoms with E-state index in [1.807, 2.05) is 0 Å². The van der Waals surface area contributed by atoms with Crippen LogP contribution in [-0.2, 0) is 17.3 Å². The summed E-state index contributed by atoms with van der Waals surface area (Å²) in [4.78, 5) is 10.9. The molecule has 10 heteroatoms. The molecule has 1 saturated heterocycles. The van der Waals surface area contributed by atoms with Crippen molar-refractivity contribution in [1.82, 2.24) is 15.0 Å². The Bertz CT molecular complexity index is 810. The highest BCUT2D eigenvalue weighted by Gasteiger charge is 2.38. The van der Waals surface area contributed by atoms with Crippen LogP contribution in [0.25, 0.3) is 11.3 Å². The Morgan fingerprint density at radius 2 is 1.92 bits per heavy atom. The Morgan fingerprint density at radius 3 is 2.58 bits per heavy atom. The molecular weight excluding hydrogens is 376 g/mol. The summed E-state index contributed by atoms with van der Waals surface area (Å²) >= 11 is 5.88. The molecule has 0 aliphatic carbocycles. The second-order valence-corrected chi connectivity index (χ2v) is 6.40. The third-order valence-corrected chi connectivity index (χ3v) is 4.47. The molecule has 0 amide bonds. The van der Waals surface area contributed by atoms with Gasteiger partial charge in [-0.1, -0.05) is 11.6 Å². The highest BCUT2D eigenvalue weighted by Crippen LogP contribution is 2.38. The normalized spacial score (nSPS) is 16.0. The molecule has 3 heterocycles. The fourth-order valence-electron chi connectivity index (χ4n) is 2.84. The van der Waals surface area contributed by atoms with Crippen LogP contribution < -0.4 is 5.73 Å². The lowest BCUT2D eigenvalue weighted by molar-refractivity contribution is -0.140. The van der Waals surface area contributed by atoms with Crippen molar-refractivity contribution in [3.05, 3.63) is 34.6 Å². The van der Waals surface area contributed by atoms with Gasteiger partial charge in [-0.2, -0.15) is 17.6 Å². The molecule has 2 N–H and O–H groups in total. The molecule has 0 radical (unpaired) electrons. The Labute approximate surface area is 151 Å². The first-order valence-corrected chi connectivity index (χ1v) is 8.26. The Hall–Kier alpha value is -2.00. The molecule has 1 fully saturated rings. The molecule has 0 aromatic carbocycles. The van der Waals surface area contributed by atoms with E-state index in [0.717, 1.165) is 12.3 Å². The Kier molecular flexibility index (Phi) is 5.29. The summed E-state index contributed by atoms with van der Waals surface area (Å²) in [6.45, 7) is 1.10. The second kappa shape index (κ2) is 7.32. The van der Waals surface area contributed by atoms with Crippen LogP contribution in [0.5, 0.6) is 0 Å². The summed E-state index contributed by atoms with van der Waals surface area (Å²) < 4.78 is 59.3. The lowest BCUT2D eigenvalue weighted by Gasteiger charge is -2.23. The fourth-order valence-corrected chi connectivity index (χ4v) is 3.03. The SMILES string of the molecule is Nc1nc(-c2cc(F)ncc2Cl)c(C(F)(F)F)nc1CC1CCOCC1. The Balaban J connectivity index is 2.07. The van der Waals surface area contributed by atoms with Gasteiger partial charge in [0.1, 0.15) is 11.5 Å². The lowest BCUT2D eigenvalue weighted by atomic mass is 9.94. The zero-order valence-corrected chi connectivity index (χ0v) is 14.2. The molecule has 0 unspecified atom stereocenters. The number of nitrogens with two attached hydrogens (primary N) is 1. The van der Waals surface area contributed by atoms with Crippen LogP contribution in [0.4, 0.5) is 23.4 Å². The first-order chi connectivity index (χ1) is 12.3. The number of alkyl halides is 3. The predicted molar refractivity (Wildman–Crippen MR) is 86.9 cm³/mol. The van der Waals surface area contributed by atoms with E-state index in [2.05, 4.69) is 15.0 Å². The van der Waals surface area contributed by atoms with E-state index in [0.29, 0.717) is 26.1 Å². The summed E-state index contributed by atoms with van der Waals surface area (Å²) in [7, 11) is 0. The van der Waals surface area contributed by atoms with E-state index < -0.39 is 23.5 Å². The van der Waals surface area contributed by atoms with E-state index in [-0.39, 0.29) is 34.4 Å². The molecule has 26 heavy (non-hydrogen) atoms. The monoisotopic (exact) mass is 390 g/mol. The summed E-state index contributed by atoms with van der Waals surface area (Å²) in [5, 5.41) is -0.178. The minimum Gasteiger partial charge on any atom is -0.382 e. The second-order valence-electron chi connectivity index (χ2n) is 6.00. The van der Waals surface area contributed by atoms with E-state index in [1.54, 1.807) is 0 Å². The minimum absolute atomic E-state index is 0.0682. The molecule has 0 saturated carbocycles. The van der Waals surface area contributed by atoms with Gasteiger partial charge in [-0.05, 0) is 25.2 Å². The quantitative estimate of drug-likeness (QED) is 0.635. The van der Waals surface area contributed by atoms with Gasteiger partial charge in [-0.15, -0.1) is 0 Å². The number of pyridine rings is 1. The van der Waals surface area contributed by atoms with Crippen molar-refractivity contribution in [2.24, 2.45) is 5.92 Å². The number of nitrogen functional groups attached to an aromatic ring is 1. The highest BCUT2D eigenvalue weighted by molar-refractivity contribution is 6.33. The smallest absolute Gasteiger partial charge is 0.382 e. The molecule has 3 rings (SSSR count). The Morgan fingerprint density at radius 1 is 1.23 bits per heavy atom. The van der Waals surface area contributed by atoms with Crippen LogP contribution >= 0.6 is 11.6 Å². The summed E-state index contributed by atoms with van der Waals surface area (Å²) in [6, 6.07) is 0.777. The van der Waals surface area contributed by atoms with E-state index in [1.165, 1.54) is 0 Å². The van der Waals surface area contributed by atoms with Gasteiger partial charge in [0.15, 0.2) is 5.69 Å². The number of aromatic nitrogens is 3. The first-order valence-electron chi connectivity index (χ1n) is 7.88. The molecule has 1 aliphatic rings. The number of nitrogens with zero attached hydrogens (tertiary/aromatic N) is 3. The van der Waals surface area contributed by atoms with Crippen LogP contribution in [0.1, 0.15) is 24.2 Å². The van der Waals surface area contributed by atoms with Crippen molar-refractivity contribution in [2.75, 3.05) is 18.9 Å². The zero-order valence-electron chi connectivity index (χ0n) is 13.5. The molecule has 0 atom stereocenters. The molecule has 140 valence electrons. The average Bonchev–Trinajstić information content (AvgIpc) is 2.58. The van der Waals surface area contributed by atoms with Crippen molar-refractivity contribution in [1.29, 1.82) is 0 Å². The van der Waals surface area contributed by atoms with Crippen molar-refractivity contribution < 1.29 is 22.3 Å². The molecule has 0 spiro atoms. The maximum absolute atomic E-state index is 13.5. The number of ether oxygens (including phenoxy) is 1. The average molecular weight is 391 g/mol. The molecule has 2 aromatic rings. The first kappa shape index (κ1) is 18.8. The van der Waals surface area contributed by atoms with Crippen LogP contribution in [0.3, 0.4) is 0 Å². The third-order valence-electron chi connectivity index (χ3n) is 4.17. The van der Waals surface area contributed by atoms with Gasteiger partial charge in [-0.25, -0.2) is 15.0 Å². The number of hydrogen-bond donors (Lipinski definition) is 1. The van der Waals surface area contributed by atoms with Gasteiger partial charge in [0, 0.05) is 31.0 Å². The largest absolute Gasteiger partial charge is 0.435 e. The van der Waals surface area contributed by atoms with Crippen molar-refractivity contribution in [3.8, 4) is 11.3 Å². The predicted octanol–water partition coefficient (Wildman–Crippen LogP) is 3.90. The summed E-state index contributed by atoms with van der Waals surface area (Å²) in [5.74, 6) is -0.994. The van der Waals surface area contributed by atoms with Crippen LogP contribution in [0.15, 0.2) is 12.3 Å². The van der Waals surface area contributed by atoms with E-state index >= 15 is 0 Å². The topological polar surface area (TPSA) is 73.9 Å². The lowest BCUT2D eigenvalue weighted by Crippen LogP contribution is -2.21. The number of anilines is 1. The van der Waals surface area contributed by atoms with Crippen molar-refractivity contribution >= 4 is 17.4 Å². The molecule has 1 aliphatic heterocycles. The van der Waals surface area contributed by atoms with Crippen molar-refractivity contribution in [3.63, 3.8) is 0 Å². The molecule has 0 bridgehead atoms. The number of hydrogen-bond acceptors (Lipinski definition) is 5. The van der Waals surface area contributed by atoms with Crippen LogP contribution in [0, 0.1) is 11.9 Å². The highest BCUT2D eigenvalue weighted by atomic mass is 35.5. The number of rotatable bonds is 3. The zero-order chi connectivity index (χ0) is 18.9. The molecule has 5 nitrogen and oxygen atoms in total. The van der Waals surface area contributed by atoms with Gasteiger partial charge in [0.2, 0.25) is 5.95 Å².